The summed E-state index contributed by atoms with van der Waals surface area (Å²) in [6, 6.07) is 30.3. The van der Waals surface area contributed by atoms with E-state index >= 15 is 0 Å². The smallest absolute Gasteiger partial charge is 0.120 e. The van der Waals surface area contributed by atoms with E-state index in [0.717, 1.165) is 11.1 Å². The fourth-order valence-corrected chi connectivity index (χ4v) is 4.55. The zero-order valence-corrected chi connectivity index (χ0v) is 15.9. The predicted molar refractivity (Wildman–Crippen MR) is 114 cm³/mol. The van der Waals surface area contributed by atoms with Gasteiger partial charge in [-0.15, -0.1) is 0 Å². The van der Waals surface area contributed by atoms with Gasteiger partial charge >= 0.3 is 0 Å². The SMILES string of the molecule is CC1(c2ccc3cc(OCCO)ccc3c2)c2ccccc2-c2ccccc21. The zero-order chi connectivity index (χ0) is 19.1. The molecule has 0 bridgehead atoms. The van der Waals surface area contributed by atoms with Crippen LogP contribution in [0.5, 0.6) is 5.75 Å². The van der Waals surface area contributed by atoms with Crippen LogP contribution >= 0.6 is 0 Å². The van der Waals surface area contributed by atoms with Gasteiger partial charge in [0.05, 0.1) is 6.61 Å². The maximum atomic E-state index is 8.96. The van der Waals surface area contributed by atoms with Crippen molar-refractivity contribution >= 4 is 10.8 Å². The highest BCUT2D eigenvalue weighted by atomic mass is 16.5. The van der Waals surface area contributed by atoms with Crippen LogP contribution in [0.1, 0.15) is 23.6 Å². The Balaban J connectivity index is 1.67. The molecular formula is C26H22O2. The molecule has 0 saturated carbocycles. The van der Waals surface area contributed by atoms with Crippen LogP contribution in [0, 0.1) is 0 Å². The second-order valence-electron chi connectivity index (χ2n) is 7.51. The molecular weight excluding hydrogens is 344 g/mol. The van der Waals surface area contributed by atoms with E-state index in [-0.39, 0.29) is 12.0 Å². The highest BCUT2D eigenvalue weighted by Crippen LogP contribution is 2.52. The van der Waals surface area contributed by atoms with Crippen LogP contribution < -0.4 is 4.74 Å². The summed E-state index contributed by atoms with van der Waals surface area (Å²) in [5.74, 6) is 0.789. The third-order valence-electron chi connectivity index (χ3n) is 5.97. The molecule has 0 atom stereocenters. The van der Waals surface area contributed by atoms with Gasteiger partial charge in [0.25, 0.3) is 0 Å². The molecule has 0 heterocycles. The first-order valence-corrected chi connectivity index (χ1v) is 9.69. The van der Waals surface area contributed by atoms with E-state index < -0.39 is 0 Å². The molecule has 1 aliphatic carbocycles. The van der Waals surface area contributed by atoms with E-state index in [0.29, 0.717) is 6.61 Å². The highest BCUT2D eigenvalue weighted by Gasteiger charge is 2.40. The Morgan fingerprint density at radius 1 is 0.750 bits per heavy atom. The summed E-state index contributed by atoms with van der Waals surface area (Å²) in [6.07, 6.45) is 0. The van der Waals surface area contributed by atoms with Crippen molar-refractivity contribution in [2.45, 2.75) is 12.3 Å². The van der Waals surface area contributed by atoms with Gasteiger partial charge in [0.2, 0.25) is 0 Å². The Bertz CT molecular complexity index is 1130. The topological polar surface area (TPSA) is 29.5 Å². The molecule has 1 N–H and O–H groups in total. The summed E-state index contributed by atoms with van der Waals surface area (Å²) in [7, 11) is 0. The van der Waals surface area contributed by atoms with Crippen LogP contribution in [0.3, 0.4) is 0 Å². The highest BCUT2D eigenvalue weighted by molar-refractivity contribution is 5.88. The lowest BCUT2D eigenvalue weighted by molar-refractivity contribution is 0.201. The molecule has 0 fully saturated rings. The van der Waals surface area contributed by atoms with Gasteiger partial charge in [-0.2, -0.15) is 0 Å². The third-order valence-corrected chi connectivity index (χ3v) is 5.97. The van der Waals surface area contributed by atoms with E-state index in [2.05, 4.69) is 79.7 Å². The number of fused-ring (bicyclic) bond motifs is 4. The van der Waals surface area contributed by atoms with Gasteiger partial charge in [-0.1, -0.05) is 66.7 Å². The first-order chi connectivity index (χ1) is 13.7. The van der Waals surface area contributed by atoms with Gasteiger partial charge in [-0.25, -0.2) is 0 Å². The van der Waals surface area contributed by atoms with Crippen molar-refractivity contribution in [3.63, 3.8) is 0 Å². The molecule has 0 aliphatic heterocycles. The zero-order valence-electron chi connectivity index (χ0n) is 15.9. The standard InChI is InChI=1S/C26H22O2/c1-26(24-8-4-2-6-22(24)23-7-3-5-9-25(23)26)20-12-10-19-17-21(28-15-14-27)13-11-18(19)16-20/h2-13,16-17,27H,14-15H2,1H3. The quantitative estimate of drug-likeness (QED) is 0.513. The molecule has 0 saturated heterocycles. The van der Waals surface area contributed by atoms with Crippen molar-refractivity contribution in [3.05, 3.63) is 102 Å². The Hall–Kier alpha value is -3.10. The Labute approximate surface area is 165 Å². The number of ether oxygens (including phenoxy) is 1. The molecule has 0 aromatic heterocycles. The van der Waals surface area contributed by atoms with Crippen LogP contribution in [0.2, 0.25) is 0 Å². The van der Waals surface area contributed by atoms with Crippen molar-refractivity contribution in [1.82, 2.24) is 0 Å². The minimum absolute atomic E-state index is 0.0220. The summed E-state index contributed by atoms with van der Waals surface area (Å²) < 4.78 is 5.56. The number of hydrogen-bond donors (Lipinski definition) is 1. The lowest BCUT2D eigenvalue weighted by Crippen LogP contribution is -2.22. The van der Waals surface area contributed by atoms with Crippen molar-refractivity contribution in [2.75, 3.05) is 13.2 Å². The Morgan fingerprint density at radius 3 is 2.04 bits per heavy atom. The second kappa shape index (κ2) is 6.50. The average molecular weight is 366 g/mol. The molecule has 138 valence electrons. The molecule has 2 nitrogen and oxygen atoms in total. The van der Waals surface area contributed by atoms with E-state index in [1.165, 1.54) is 33.2 Å². The van der Waals surface area contributed by atoms with E-state index in [1.807, 2.05) is 12.1 Å². The minimum Gasteiger partial charge on any atom is -0.491 e. The maximum Gasteiger partial charge on any atom is 0.120 e. The van der Waals surface area contributed by atoms with Gasteiger partial charge in [0.1, 0.15) is 12.4 Å². The van der Waals surface area contributed by atoms with E-state index in [9.17, 15) is 0 Å². The third kappa shape index (κ3) is 2.45. The van der Waals surface area contributed by atoms with Crippen molar-refractivity contribution in [3.8, 4) is 16.9 Å². The molecule has 4 aromatic carbocycles. The molecule has 5 rings (SSSR count). The summed E-state index contributed by atoms with van der Waals surface area (Å²) >= 11 is 0. The van der Waals surface area contributed by atoms with Gasteiger partial charge in [-0.3, -0.25) is 0 Å². The van der Waals surface area contributed by atoms with Crippen LogP contribution in [0.25, 0.3) is 21.9 Å². The molecule has 0 spiro atoms. The van der Waals surface area contributed by atoms with Crippen LogP contribution in [0.15, 0.2) is 84.9 Å². The number of hydrogen-bond acceptors (Lipinski definition) is 2. The molecule has 0 radical (unpaired) electrons. The number of benzene rings is 4. The van der Waals surface area contributed by atoms with Gasteiger partial charge in [0, 0.05) is 5.41 Å². The first kappa shape index (κ1) is 17.0. The minimum atomic E-state index is -0.173. The van der Waals surface area contributed by atoms with Gasteiger partial charge in [0.15, 0.2) is 0 Å². The fourth-order valence-electron chi connectivity index (χ4n) is 4.55. The number of aliphatic hydroxyl groups is 1. The summed E-state index contributed by atoms with van der Waals surface area (Å²) in [6.45, 7) is 2.67. The van der Waals surface area contributed by atoms with Crippen LogP contribution in [0.4, 0.5) is 0 Å². The van der Waals surface area contributed by atoms with Crippen molar-refractivity contribution in [2.24, 2.45) is 0 Å². The lowest BCUT2D eigenvalue weighted by Gasteiger charge is -2.28. The van der Waals surface area contributed by atoms with Crippen LogP contribution in [-0.2, 0) is 5.41 Å². The lowest BCUT2D eigenvalue weighted by atomic mass is 9.74. The summed E-state index contributed by atoms with van der Waals surface area (Å²) in [5, 5.41) is 11.3. The normalized spacial score (nSPS) is 13.9. The van der Waals surface area contributed by atoms with Gasteiger partial charge < -0.3 is 9.84 Å². The van der Waals surface area contributed by atoms with E-state index in [4.69, 9.17) is 9.84 Å². The second-order valence-corrected chi connectivity index (χ2v) is 7.51. The van der Waals surface area contributed by atoms with Crippen LogP contribution in [-0.4, -0.2) is 18.3 Å². The Kier molecular flexibility index (Phi) is 3.96. The Morgan fingerprint density at radius 2 is 1.36 bits per heavy atom. The predicted octanol–water partition coefficient (Wildman–Crippen LogP) is 5.55. The number of rotatable bonds is 4. The summed E-state index contributed by atoms with van der Waals surface area (Å²) in [4.78, 5) is 0. The maximum absolute atomic E-state index is 8.96. The van der Waals surface area contributed by atoms with Gasteiger partial charge in [-0.05, 0) is 63.7 Å². The molecule has 0 unspecified atom stereocenters. The van der Waals surface area contributed by atoms with Crippen molar-refractivity contribution in [1.29, 1.82) is 0 Å². The molecule has 1 aliphatic rings. The summed E-state index contributed by atoms with van der Waals surface area (Å²) in [5.41, 5.74) is 6.49. The van der Waals surface area contributed by atoms with Crippen molar-refractivity contribution < 1.29 is 9.84 Å². The molecule has 2 heteroatoms. The first-order valence-electron chi connectivity index (χ1n) is 9.69. The number of aliphatic hydroxyl groups excluding tert-OH is 1. The average Bonchev–Trinajstić information content (AvgIpc) is 3.02. The molecule has 0 amide bonds. The molecule has 28 heavy (non-hydrogen) atoms. The molecule has 4 aromatic rings. The monoisotopic (exact) mass is 366 g/mol. The largest absolute Gasteiger partial charge is 0.491 e. The fraction of sp³-hybridized carbons (Fsp3) is 0.154. The van der Waals surface area contributed by atoms with E-state index in [1.54, 1.807) is 0 Å².